The van der Waals surface area contributed by atoms with Gasteiger partial charge in [0.15, 0.2) is 0 Å². The van der Waals surface area contributed by atoms with Gasteiger partial charge in [0.1, 0.15) is 10.7 Å². The van der Waals surface area contributed by atoms with Crippen molar-refractivity contribution >= 4 is 21.6 Å². The second-order valence-electron chi connectivity index (χ2n) is 8.47. The molecule has 0 spiro atoms. The summed E-state index contributed by atoms with van der Waals surface area (Å²) in [4.78, 5) is 23.8. The zero-order valence-electron chi connectivity index (χ0n) is 17.4. The van der Waals surface area contributed by atoms with E-state index in [4.69, 9.17) is 4.98 Å². The maximum absolute atomic E-state index is 13.0. The van der Waals surface area contributed by atoms with Gasteiger partial charge >= 0.3 is 0 Å². The maximum atomic E-state index is 13.0. The lowest BCUT2D eigenvalue weighted by Gasteiger charge is -2.37. The first kappa shape index (κ1) is 21.0. The summed E-state index contributed by atoms with van der Waals surface area (Å²) in [6, 6.07) is 10.3. The van der Waals surface area contributed by atoms with Crippen molar-refractivity contribution in [3.63, 3.8) is 0 Å². The molecule has 1 aliphatic rings. The van der Waals surface area contributed by atoms with E-state index >= 15 is 0 Å². The predicted octanol–water partition coefficient (Wildman–Crippen LogP) is 4.72. The normalized spacial score (nSPS) is 17.3. The zero-order valence-corrected chi connectivity index (χ0v) is 18.3. The number of aromatic amines is 1. The number of hydrogen-bond acceptors (Lipinski definition) is 5. The van der Waals surface area contributed by atoms with Gasteiger partial charge in [-0.15, -0.1) is 17.9 Å². The summed E-state index contributed by atoms with van der Waals surface area (Å²) < 4.78 is 0. The van der Waals surface area contributed by atoms with Crippen molar-refractivity contribution in [2.75, 3.05) is 6.54 Å². The van der Waals surface area contributed by atoms with E-state index in [1.807, 2.05) is 35.7 Å². The summed E-state index contributed by atoms with van der Waals surface area (Å²) in [7, 11) is 0. The Morgan fingerprint density at radius 3 is 2.73 bits per heavy atom. The number of hydrogen-bond donors (Lipinski definition) is 2. The summed E-state index contributed by atoms with van der Waals surface area (Å²) in [5, 5.41) is 13.3. The second kappa shape index (κ2) is 8.84. The van der Waals surface area contributed by atoms with Gasteiger partial charge in [-0.05, 0) is 25.3 Å². The molecule has 1 atom stereocenters. The van der Waals surface area contributed by atoms with Crippen molar-refractivity contribution < 1.29 is 5.11 Å². The largest absolute Gasteiger partial charge is 0.385 e. The van der Waals surface area contributed by atoms with E-state index in [0.29, 0.717) is 30.3 Å². The number of fused-ring (bicyclic) bond motifs is 1. The molecule has 6 heteroatoms. The van der Waals surface area contributed by atoms with E-state index in [1.165, 1.54) is 30.6 Å². The number of rotatable bonds is 7. The van der Waals surface area contributed by atoms with Crippen molar-refractivity contribution in [3.8, 4) is 11.1 Å². The Labute approximate surface area is 181 Å². The number of aliphatic hydroxyl groups is 1. The highest BCUT2D eigenvalue weighted by Gasteiger charge is 2.28. The molecule has 1 aromatic carbocycles. The molecule has 1 aliphatic carbocycles. The average molecular weight is 424 g/mol. The third kappa shape index (κ3) is 4.56. The molecule has 4 rings (SSSR count). The Morgan fingerprint density at radius 2 is 2.03 bits per heavy atom. The molecule has 0 aliphatic heterocycles. The fourth-order valence-corrected chi connectivity index (χ4v) is 5.29. The monoisotopic (exact) mass is 423 g/mol. The highest BCUT2D eigenvalue weighted by Crippen LogP contribution is 2.31. The van der Waals surface area contributed by atoms with E-state index in [1.54, 1.807) is 13.0 Å². The molecule has 0 radical (unpaired) electrons. The van der Waals surface area contributed by atoms with Gasteiger partial charge in [0, 0.05) is 23.5 Å². The third-order valence-corrected chi connectivity index (χ3v) is 6.86. The molecule has 2 aromatic heterocycles. The fraction of sp³-hybridized carbons (Fsp3) is 0.417. The van der Waals surface area contributed by atoms with Crippen LogP contribution in [0.15, 0.2) is 53.2 Å². The minimum absolute atomic E-state index is 0.103. The Balaban J connectivity index is 1.65. The first-order chi connectivity index (χ1) is 14.5. The van der Waals surface area contributed by atoms with E-state index in [-0.39, 0.29) is 5.56 Å². The van der Waals surface area contributed by atoms with E-state index in [9.17, 15) is 9.90 Å². The molecule has 0 amide bonds. The molecule has 2 heterocycles. The van der Waals surface area contributed by atoms with Crippen molar-refractivity contribution in [2.24, 2.45) is 0 Å². The summed E-state index contributed by atoms with van der Waals surface area (Å²) in [5.74, 6) is 0.652. The molecule has 3 aromatic rings. The first-order valence-electron chi connectivity index (χ1n) is 10.6. The topological polar surface area (TPSA) is 69.2 Å². The maximum Gasteiger partial charge on any atom is 0.260 e. The molecule has 30 heavy (non-hydrogen) atoms. The van der Waals surface area contributed by atoms with Crippen molar-refractivity contribution in [3.05, 3.63) is 64.5 Å². The van der Waals surface area contributed by atoms with Crippen LogP contribution in [0, 0.1) is 0 Å². The number of nitrogens with one attached hydrogen (secondary N) is 1. The summed E-state index contributed by atoms with van der Waals surface area (Å²) in [6.07, 6.45) is 7.47. The van der Waals surface area contributed by atoms with Crippen LogP contribution in [0.5, 0.6) is 0 Å². The summed E-state index contributed by atoms with van der Waals surface area (Å²) in [5.41, 5.74) is 0.865. The van der Waals surface area contributed by atoms with Crippen LogP contribution in [0.2, 0.25) is 0 Å². The quantitative estimate of drug-likeness (QED) is 0.540. The van der Waals surface area contributed by atoms with E-state index < -0.39 is 5.60 Å². The third-order valence-electron chi connectivity index (χ3n) is 5.98. The van der Waals surface area contributed by atoms with Gasteiger partial charge in [-0.3, -0.25) is 9.69 Å². The Kier molecular flexibility index (Phi) is 6.18. The Morgan fingerprint density at radius 1 is 1.30 bits per heavy atom. The highest BCUT2D eigenvalue weighted by atomic mass is 32.1. The zero-order chi connectivity index (χ0) is 21.1. The van der Waals surface area contributed by atoms with Crippen molar-refractivity contribution in [1.82, 2.24) is 14.9 Å². The van der Waals surface area contributed by atoms with E-state index in [2.05, 4.69) is 16.5 Å². The van der Waals surface area contributed by atoms with E-state index in [0.717, 1.165) is 28.8 Å². The molecule has 1 saturated carbocycles. The number of H-pyrrole nitrogens is 1. The Hall–Kier alpha value is -2.28. The minimum Gasteiger partial charge on any atom is -0.385 e. The van der Waals surface area contributed by atoms with Gasteiger partial charge in [-0.2, -0.15) is 0 Å². The number of aromatic nitrogens is 2. The predicted molar refractivity (Wildman–Crippen MR) is 124 cm³/mol. The van der Waals surface area contributed by atoms with Crippen LogP contribution in [0.3, 0.4) is 0 Å². The number of benzene rings is 1. The summed E-state index contributed by atoms with van der Waals surface area (Å²) in [6.45, 7) is 6.54. The van der Waals surface area contributed by atoms with Gasteiger partial charge in [-0.1, -0.05) is 55.7 Å². The van der Waals surface area contributed by atoms with Crippen LogP contribution < -0.4 is 5.56 Å². The van der Waals surface area contributed by atoms with Gasteiger partial charge in [0.2, 0.25) is 0 Å². The lowest BCUT2D eigenvalue weighted by molar-refractivity contribution is 0.0291. The lowest BCUT2D eigenvalue weighted by Crippen LogP contribution is -2.45. The van der Waals surface area contributed by atoms with Crippen molar-refractivity contribution in [2.45, 2.75) is 57.2 Å². The van der Waals surface area contributed by atoms with Crippen LogP contribution in [0.4, 0.5) is 0 Å². The van der Waals surface area contributed by atoms with Crippen molar-refractivity contribution in [1.29, 1.82) is 0 Å². The number of thiophene rings is 1. The molecule has 1 fully saturated rings. The SMILES string of the molecule is C=CC(C)(O)CN(Cc1nc2scc(-c3ccccc3)c2c(=O)[nH]1)C1CCCCC1. The molecular weight excluding hydrogens is 394 g/mol. The van der Waals surface area contributed by atoms with Gasteiger partial charge in [0.05, 0.1) is 17.5 Å². The molecule has 5 nitrogen and oxygen atoms in total. The van der Waals surface area contributed by atoms with Crippen LogP contribution >= 0.6 is 11.3 Å². The first-order valence-corrected chi connectivity index (χ1v) is 11.5. The molecule has 0 saturated heterocycles. The van der Waals surface area contributed by atoms with Crippen LogP contribution in [-0.2, 0) is 6.54 Å². The van der Waals surface area contributed by atoms with Gasteiger partial charge in [0.25, 0.3) is 5.56 Å². The molecule has 158 valence electrons. The average Bonchev–Trinajstić information content (AvgIpc) is 3.19. The van der Waals surface area contributed by atoms with Crippen LogP contribution in [0.25, 0.3) is 21.3 Å². The Bertz CT molecular complexity index is 1060. The summed E-state index contributed by atoms with van der Waals surface area (Å²) >= 11 is 1.50. The van der Waals surface area contributed by atoms with Crippen LogP contribution in [0.1, 0.15) is 44.9 Å². The molecule has 2 N–H and O–H groups in total. The van der Waals surface area contributed by atoms with Gasteiger partial charge < -0.3 is 10.1 Å². The standard InChI is InChI=1S/C24H29N3O2S/c1-3-24(2,29)16-27(18-12-8-5-9-13-18)14-20-25-22(28)21-19(15-30-23(21)26-20)17-10-6-4-7-11-17/h3-4,6-7,10-11,15,18,29H,1,5,8-9,12-14,16H2,2H3,(H,25,26,28). The molecule has 1 unspecified atom stereocenters. The smallest absolute Gasteiger partial charge is 0.260 e. The van der Waals surface area contributed by atoms with Crippen LogP contribution in [-0.4, -0.2) is 38.2 Å². The lowest BCUT2D eigenvalue weighted by atomic mass is 9.93. The number of nitrogens with zero attached hydrogens (tertiary/aromatic N) is 2. The minimum atomic E-state index is -0.981. The van der Waals surface area contributed by atoms with Gasteiger partial charge in [-0.25, -0.2) is 4.98 Å². The highest BCUT2D eigenvalue weighted by molar-refractivity contribution is 7.17. The molecule has 0 bridgehead atoms. The molecular formula is C24H29N3O2S. The second-order valence-corrected chi connectivity index (χ2v) is 9.32. The fourth-order valence-electron chi connectivity index (χ4n) is 4.33.